The molecule has 26 heavy (non-hydrogen) atoms. The van der Waals surface area contributed by atoms with Crippen molar-refractivity contribution in [3.63, 3.8) is 0 Å². The quantitative estimate of drug-likeness (QED) is 0.827. The molecule has 136 valence electrons. The molecule has 0 fully saturated rings. The zero-order valence-electron chi connectivity index (χ0n) is 14.6. The fourth-order valence-corrected chi connectivity index (χ4v) is 2.76. The van der Waals surface area contributed by atoms with E-state index in [0.717, 1.165) is 12.1 Å². The van der Waals surface area contributed by atoms with Gasteiger partial charge in [-0.15, -0.1) is 0 Å². The Bertz CT molecular complexity index is 766. The number of aromatic nitrogens is 1. The summed E-state index contributed by atoms with van der Waals surface area (Å²) in [6, 6.07) is 10.9. The van der Waals surface area contributed by atoms with Gasteiger partial charge in [-0.2, -0.15) is 0 Å². The highest BCUT2D eigenvalue weighted by Gasteiger charge is 2.31. The number of pyridine rings is 1. The molecular formula is C19H22N4O3. The van der Waals surface area contributed by atoms with Gasteiger partial charge in [0.1, 0.15) is 5.75 Å². The Balaban J connectivity index is 1.72. The Morgan fingerprint density at radius 1 is 1.23 bits per heavy atom. The predicted molar refractivity (Wildman–Crippen MR) is 99.2 cm³/mol. The lowest BCUT2D eigenvalue weighted by atomic mass is 10.1. The zero-order valence-corrected chi connectivity index (χ0v) is 14.6. The standard InChI is InChI=1S/C19H22N4O3/c1-2-9-21-19(25)17-12-23(15-5-3-4-6-16(15)26-17)13-18(24)22-14-7-10-20-11-8-14/h3-8,10-11,17H,2,9,12-13H2,1H3,(H,21,25)(H,20,22,24). The van der Waals surface area contributed by atoms with Gasteiger partial charge in [0, 0.05) is 24.6 Å². The highest BCUT2D eigenvalue weighted by Crippen LogP contribution is 2.32. The second-order valence-corrected chi connectivity index (χ2v) is 6.03. The molecule has 7 nitrogen and oxygen atoms in total. The molecule has 0 spiro atoms. The number of para-hydroxylation sites is 2. The van der Waals surface area contributed by atoms with Gasteiger partial charge in [-0.1, -0.05) is 19.1 Å². The zero-order chi connectivity index (χ0) is 18.4. The summed E-state index contributed by atoms with van der Waals surface area (Å²) in [5.41, 5.74) is 1.49. The van der Waals surface area contributed by atoms with E-state index < -0.39 is 6.10 Å². The van der Waals surface area contributed by atoms with Crippen molar-refractivity contribution in [2.45, 2.75) is 19.4 Å². The van der Waals surface area contributed by atoms with Gasteiger partial charge in [-0.3, -0.25) is 14.6 Å². The molecule has 3 rings (SSSR count). The number of hydrogen-bond acceptors (Lipinski definition) is 5. The van der Waals surface area contributed by atoms with Gasteiger partial charge in [0.05, 0.1) is 18.8 Å². The van der Waals surface area contributed by atoms with Gasteiger partial charge < -0.3 is 20.3 Å². The minimum atomic E-state index is -0.648. The van der Waals surface area contributed by atoms with Gasteiger partial charge in [0.2, 0.25) is 5.91 Å². The number of ether oxygens (including phenoxy) is 1. The number of rotatable bonds is 6. The molecule has 0 saturated carbocycles. The number of nitrogens with zero attached hydrogens (tertiary/aromatic N) is 2. The second-order valence-electron chi connectivity index (χ2n) is 6.03. The molecule has 1 atom stereocenters. The van der Waals surface area contributed by atoms with E-state index in [4.69, 9.17) is 4.74 Å². The average Bonchev–Trinajstić information content (AvgIpc) is 2.66. The number of benzene rings is 1. The van der Waals surface area contributed by atoms with E-state index in [-0.39, 0.29) is 18.4 Å². The van der Waals surface area contributed by atoms with Crippen molar-refractivity contribution in [3.8, 4) is 5.75 Å². The fraction of sp³-hybridized carbons (Fsp3) is 0.316. The summed E-state index contributed by atoms with van der Waals surface area (Å²) >= 11 is 0. The Hall–Kier alpha value is -3.09. The first-order chi connectivity index (χ1) is 12.7. The fourth-order valence-electron chi connectivity index (χ4n) is 2.76. The van der Waals surface area contributed by atoms with Gasteiger partial charge >= 0.3 is 0 Å². The number of amides is 2. The van der Waals surface area contributed by atoms with Gasteiger partial charge in [0.15, 0.2) is 6.10 Å². The van der Waals surface area contributed by atoms with Crippen LogP contribution in [-0.4, -0.2) is 42.5 Å². The summed E-state index contributed by atoms with van der Waals surface area (Å²) in [6.07, 6.45) is 3.44. The lowest BCUT2D eigenvalue weighted by Gasteiger charge is -2.35. The summed E-state index contributed by atoms with van der Waals surface area (Å²) < 4.78 is 5.83. The van der Waals surface area contributed by atoms with E-state index in [1.54, 1.807) is 24.5 Å². The minimum Gasteiger partial charge on any atom is -0.477 e. The van der Waals surface area contributed by atoms with Gasteiger partial charge in [-0.25, -0.2) is 0 Å². The van der Waals surface area contributed by atoms with Crippen LogP contribution in [0.5, 0.6) is 5.75 Å². The van der Waals surface area contributed by atoms with Crippen LogP contribution in [0.2, 0.25) is 0 Å². The Labute approximate surface area is 152 Å². The van der Waals surface area contributed by atoms with Crippen molar-refractivity contribution in [1.82, 2.24) is 10.3 Å². The van der Waals surface area contributed by atoms with E-state index >= 15 is 0 Å². The van der Waals surface area contributed by atoms with Gasteiger partial charge in [0.25, 0.3) is 5.91 Å². The van der Waals surface area contributed by atoms with Crippen LogP contribution in [0.4, 0.5) is 11.4 Å². The van der Waals surface area contributed by atoms with Crippen LogP contribution in [0.3, 0.4) is 0 Å². The Morgan fingerprint density at radius 3 is 2.77 bits per heavy atom. The number of carbonyl (C=O) groups excluding carboxylic acids is 2. The second kappa shape index (κ2) is 8.33. The maximum Gasteiger partial charge on any atom is 0.262 e. The third-order valence-electron chi connectivity index (χ3n) is 4.00. The summed E-state index contributed by atoms with van der Waals surface area (Å²) in [5.74, 6) is 0.272. The summed E-state index contributed by atoms with van der Waals surface area (Å²) in [7, 11) is 0. The molecule has 0 bridgehead atoms. The smallest absolute Gasteiger partial charge is 0.262 e. The molecular weight excluding hydrogens is 332 g/mol. The maximum absolute atomic E-state index is 12.4. The first-order valence-electron chi connectivity index (χ1n) is 8.65. The molecule has 2 heterocycles. The van der Waals surface area contributed by atoms with Crippen LogP contribution >= 0.6 is 0 Å². The molecule has 2 N–H and O–H groups in total. The van der Waals surface area contributed by atoms with Crippen LogP contribution in [0.1, 0.15) is 13.3 Å². The molecule has 1 aromatic heterocycles. The van der Waals surface area contributed by atoms with Crippen LogP contribution in [0.15, 0.2) is 48.8 Å². The highest BCUT2D eigenvalue weighted by molar-refractivity contribution is 5.94. The molecule has 1 unspecified atom stereocenters. The maximum atomic E-state index is 12.4. The van der Waals surface area contributed by atoms with E-state index in [2.05, 4.69) is 15.6 Å². The Kier molecular flexibility index (Phi) is 5.68. The lowest BCUT2D eigenvalue weighted by molar-refractivity contribution is -0.128. The molecule has 7 heteroatoms. The summed E-state index contributed by atoms with van der Waals surface area (Å²) in [4.78, 5) is 30.5. The molecule has 1 aromatic carbocycles. The third-order valence-corrected chi connectivity index (χ3v) is 4.00. The SMILES string of the molecule is CCCNC(=O)C1CN(CC(=O)Nc2ccncc2)c2ccccc2O1. The van der Waals surface area contributed by atoms with Crippen molar-refractivity contribution < 1.29 is 14.3 Å². The predicted octanol–water partition coefficient (Wildman–Crippen LogP) is 1.81. The first kappa shape index (κ1) is 17.7. The third kappa shape index (κ3) is 4.30. The van der Waals surface area contributed by atoms with E-state index in [1.807, 2.05) is 36.1 Å². The van der Waals surface area contributed by atoms with Crippen molar-refractivity contribution in [1.29, 1.82) is 0 Å². The van der Waals surface area contributed by atoms with Crippen molar-refractivity contribution in [2.75, 3.05) is 29.9 Å². The number of carbonyl (C=O) groups is 2. The van der Waals surface area contributed by atoms with Crippen LogP contribution in [0, 0.1) is 0 Å². The molecule has 0 saturated heterocycles. The molecule has 2 aromatic rings. The number of nitrogens with one attached hydrogen (secondary N) is 2. The average molecular weight is 354 g/mol. The van der Waals surface area contributed by atoms with Crippen LogP contribution in [-0.2, 0) is 9.59 Å². The van der Waals surface area contributed by atoms with Crippen molar-refractivity contribution in [2.24, 2.45) is 0 Å². The minimum absolute atomic E-state index is 0.125. The van der Waals surface area contributed by atoms with Crippen LogP contribution in [0.25, 0.3) is 0 Å². The highest BCUT2D eigenvalue weighted by atomic mass is 16.5. The van der Waals surface area contributed by atoms with Gasteiger partial charge in [-0.05, 0) is 30.7 Å². The van der Waals surface area contributed by atoms with E-state index in [9.17, 15) is 9.59 Å². The monoisotopic (exact) mass is 354 g/mol. The molecule has 0 radical (unpaired) electrons. The largest absolute Gasteiger partial charge is 0.477 e. The summed E-state index contributed by atoms with van der Waals surface area (Å²) in [5, 5.41) is 5.68. The van der Waals surface area contributed by atoms with E-state index in [1.165, 1.54) is 0 Å². The number of anilines is 2. The summed E-state index contributed by atoms with van der Waals surface area (Å²) in [6.45, 7) is 3.03. The Morgan fingerprint density at radius 2 is 2.00 bits per heavy atom. The molecule has 1 aliphatic rings. The van der Waals surface area contributed by atoms with Crippen LogP contribution < -0.4 is 20.3 Å². The lowest BCUT2D eigenvalue weighted by Crippen LogP contribution is -2.50. The molecule has 1 aliphatic heterocycles. The van der Waals surface area contributed by atoms with Crippen molar-refractivity contribution >= 4 is 23.2 Å². The molecule has 2 amide bonds. The number of hydrogen-bond donors (Lipinski definition) is 2. The van der Waals surface area contributed by atoms with Crippen molar-refractivity contribution in [3.05, 3.63) is 48.8 Å². The van der Waals surface area contributed by atoms with E-state index in [0.29, 0.717) is 24.5 Å². The number of fused-ring (bicyclic) bond motifs is 1. The first-order valence-corrected chi connectivity index (χ1v) is 8.65. The molecule has 0 aliphatic carbocycles. The topological polar surface area (TPSA) is 83.6 Å². The normalized spacial score (nSPS) is 15.6.